The van der Waals surface area contributed by atoms with Crippen molar-refractivity contribution in [3.63, 3.8) is 0 Å². The van der Waals surface area contributed by atoms with Crippen LogP contribution in [0.15, 0.2) is 85.1 Å². The predicted octanol–water partition coefficient (Wildman–Crippen LogP) is 9.79. The van der Waals surface area contributed by atoms with E-state index in [-0.39, 0.29) is 42.7 Å². The van der Waals surface area contributed by atoms with Crippen LogP contribution in [0.1, 0.15) is 117 Å². The average molecular weight is 713 g/mol. The van der Waals surface area contributed by atoms with Crippen molar-refractivity contribution in [2.24, 2.45) is 0 Å². The van der Waals surface area contributed by atoms with Gasteiger partial charge in [0.15, 0.2) is 12.1 Å². The second-order valence-electron chi connectivity index (χ2n) is 13.5. The highest BCUT2D eigenvalue weighted by Gasteiger charge is 2.31. The van der Waals surface area contributed by atoms with E-state index in [1.54, 1.807) is 0 Å². The third kappa shape index (κ3) is 32.2. The first-order valence-corrected chi connectivity index (χ1v) is 19.2. The topological polar surface area (TPSA) is 99.1 Å². The summed E-state index contributed by atoms with van der Waals surface area (Å²) in [5.41, 5.74) is 0. The molecule has 0 radical (unpaired) electrons. The molecule has 8 heteroatoms. The Kier molecular flexibility index (Phi) is 31.3. The van der Waals surface area contributed by atoms with Crippen molar-refractivity contribution in [2.75, 3.05) is 41.0 Å². The van der Waals surface area contributed by atoms with Crippen molar-refractivity contribution in [3.8, 4) is 0 Å². The number of rotatable bonds is 32. The molecule has 2 unspecified atom stereocenters. The zero-order valence-electron chi connectivity index (χ0n) is 32.5. The van der Waals surface area contributed by atoms with Crippen LogP contribution in [0.4, 0.5) is 0 Å². The SMILES string of the molecule is CC/C=C/C=C/C=C/C=C/CCCCCCCC(=O)OCC(COCCC(C(=O)O)[N+](C)(C)C)OC(=O)CCCC/C=C/C/C=C/C/C=C/CC. The van der Waals surface area contributed by atoms with Gasteiger partial charge < -0.3 is 23.8 Å². The van der Waals surface area contributed by atoms with E-state index in [2.05, 4.69) is 68.5 Å². The van der Waals surface area contributed by atoms with Crippen LogP contribution in [0.5, 0.6) is 0 Å². The Labute approximate surface area is 310 Å². The second-order valence-corrected chi connectivity index (χ2v) is 13.5. The van der Waals surface area contributed by atoms with Gasteiger partial charge >= 0.3 is 17.9 Å². The van der Waals surface area contributed by atoms with E-state index in [4.69, 9.17) is 14.2 Å². The van der Waals surface area contributed by atoms with Gasteiger partial charge in [0.05, 0.1) is 34.4 Å². The fourth-order valence-electron chi connectivity index (χ4n) is 4.94. The molecule has 0 spiro atoms. The number of hydrogen-bond donors (Lipinski definition) is 1. The van der Waals surface area contributed by atoms with Gasteiger partial charge in [-0.05, 0) is 64.2 Å². The number of ether oxygens (including phenoxy) is 3. The standard InChI is InChI=1S/C43H69NO7/c1-6-8-10-12-14-16-18-20-21-22-24-25-27-29-31-33-41(45)50-38-39(37-49-36-35-40(43(47)48)44(3,4)5)51-42(46)34-32-30-28-26-23-19-17-15-13-11-9-7-2/h8-12,14-18,20-21,23,26,39-40H,6-7,13,19,22,24-25,27-38H2,1-5H3/p+1/b10-8+,11-9+,14-12+,17-15+,18-16+,21-20+,26-23+. The smallest absolute Gasteiger partial charge is 0.362 e. The van der Waals surface area contributed by atoms with Gasteiger partial charge in [-0.1, -0.05) is 118 Å². The molecule has 1 N–H and O–H groups in total. The molecule has 288 valence electrons. The van der Waals surface area contributed by atoms with Crippen molar-refractivity contribution in [3.05, 3.63) is 85.1 Å². The molecular weight excluding hydrogens is 642 g/mol. The molecule has 0 aliphatic carbocycles. The van der Waals surface area contributed by atoms with Gasteiger partial charge in [-0.2, -0.15) is 0 Å². The molecule has 0 aliphatic heterocycles. The summed E-state index contributed by atoms with van der Waals surface area (Å²) in [6, 6.07) is -0.629. The van der Waals surface area contributed by atoms with Crippen LogP contribution in [-0.4, -0.2) is 80.6 Å². The van der Waals surface area contributed by atoms with E-state index < -0.39 is 18.1 Å². The monoisotopic (exact) mass is 713 g/mol. The van der Waals surface area contributed by atoms with Gasteiger partial charge in [0.2, 0.25) is 0 Å². The minimum Gasteiger partial charge on any atom is -0.477 e. The lowest BCUT2D eigenvalue weighted by Crippen LogP contribution is -2.50. The molecular formula is C43H70NO7+. The van der Waals surface area contributed by atoms with Gasteiger partial charge in [-0.3, -0.25) is 9.59 Å². The summed E-state index contributed by atoms with van der Waals surface area (Å²) in [5.74, 6) is -1.57. The number of likely N-dealkylation sites (N-methyl/N-ethyl adjacent to an activating group) is 1. The van der Waals surface area contributed by atoms with Crippen LogP contribution in [0.3, 0.4) is 0 Å². The lowest BCUT2D eigenvalue weighted by molar-refractivity contribution is -0.887. The van der Waals surface area contributed by atoms with Crippen molar-refractivity contribution >= 4 is 17.9 Å². The number of aliphatic carboxylic acids is 1. The van der Waals surface area contributed by atoms with Crippen LogP contribution >= 0.6 is 0 Å². The fraction of sp³-hybridized carbons (Fsp3) is 0.605. The summed E-state index contributed by atoms with van der Waals surface area (Å²) >= 11 is 0. The second kappa shape index (κ2) is 33.6. The highest BCUT2D eigenvalue weighted by Crippen LogP contribution is 2.12. The molecule has 0 amide bonds. The van der Waals surface area contributed by atoms with E-state index in [9.17, 15) is 19.5 Å². The average Bonchev–Trinajstić information content (AvgIpc) is 3.08. The molecule has 0 aliphatic rings. The van der Waals surface area contributed by atoms with E-state index in [0.29, 0.717) is 19.3 Å². The zero-order chi connectivity index (χ0) is 37.8. The van der Waals surface area contributed by atoms with Crippen LogP contribution in [-0.2, 0) is 28.6 Å². The Hall–Kier alpha value is -3.49. The fourth-order valence-corrected chi connectivity index (χ4v) is 4.94. The molecule has 0 heterocycles. The molecule has 0 aromatic rings. The quantitative estimate of drug-likeness (QED) is 0.0244. The number of hydrogen-bond acceptors (Lipinski definition) is 6. The highest BCUT2D eigenvalue weighted by atomic mass is 16.6. The Morgan fingerprint density at radius 2 is 1.14 bits per heavy atom. The summed E-state index contributed by atoms with van der Waals surface area (Å²) in [4.78, 5) is 36.8. The van der Waals surface area contributed by atoms with E-state index in [0.717, 1.165) is 77.0 Å². The summed E-state index contributed by atoms with van der Waals surface area (Å²) < 4.78 is 17.1. The van der Waals surface area contributed by atoms with Gasteiger partial charge in [0.25, 0.3) is 0 Å². The molecule has 0 aromatic heterocycles. The number of allylic oxidation sites excluding steroid dienone is 14. The van der Waals surface area contributed by atoms with Gasteiger partial charge in [-0.25, -0.2) is 4.79 Å². The van der Waals surface area contributed by atoms with Crippen LogP contribution in [0.25, 0.3) is 0 Å². The molecule has 0 fully saturated rings. The minimum atomic E-state index is -0.890. The predicted molar refractivity (Wildman–Crippen MR) is 210 cm³/mol. The molecule has 0 aromatic carbocycles. The normalized spacial score (nSPS) is 14.0. The first-order valence-electron chi connectivity index (χ1n) is 19.2. The molecule has 0 saturated carbocycles. The number of nitrogens with zero attached hydrogens (tertiary/aromatic N) is 1. The number of carboxylic acids is 1. The molecule has 0 saturated heterocycles. The maximum atomic E-state index is 12.6. The largest absolute Gasteiger partial charge is 0.477 e. The first-order chi connectivity index (χ1) is 24.6. The molecule has 0 rings (SSSR count). The van der Waals surface area contributed by atoms with Gasteiger partial charge in [-0.15, -0.1) is 0 Å². The van der Waals surface area contributed by atoms with Gasteiger partial charge in [0, 0.05) is 19.3 Å². The Balaban J connectivity index is 4.53. The van der Waals surface area contributed by atoms with Crippen LogP contribution in [0.2, 0.25) is 0 Å². The number of carbonyl (C=O) groups is 3. The van der Waals surface area contributed by atoms with Gasteiger partial charge in [0.1, 0.15) is 6.61 Å². The molecule has 51 heavy (non-hydrogen) atoms. The highest BCUT2D eigenvalue weighted by molar-refractivity contribution is 5.72. The number of esters is 2. The lowest BCUT2D eigenvalue weighted by Gasteiger charge is -2.31. The summed E-state index contributed by atoms with van der Waals surface area (Å²) in [6.07, 6.45) is 42.0. The summed E-state index contributed by atoms with van der Waals surface area (Å²) in [5, 5.41) is 9.58. The third-order valence-corrected chi connectivity index (χ3v) is 7.88. The van der Waals surface area contributed by atoms with Crippen LogP contribution in [0, 0.1) is 0 Å². The molecule has 2 atom stereocenters. The van der Waals surface area contributed by atoms with Crippen molar-refractivity contribution < 1.29 is 38.2 Å². The Morgan fingerprint density at radius 1 is 0.608 bits per heavy atom. The number of quaternary nitrogens is 1. The first kappa shape index (κ1) is 47.5. The van der Waals surface area contributed by atoms with Crippen molar-refractivity contribution in [1.29, 1.82) is 0 Å². The van der Waals surface area contributed by atoms with Crippen molar-refractivity contribution in [1.82, 2.24) is 0 Å². The molecule has 8 nitrogen and oxygen atoms in total. The third-order valence-electron chi connectivity index (χ3n) is 7.88. The number of carboxylic acid groups (broad SMARTS) is 1. The summed E-state index contributed by atoms with van der Waals surface area (Å²) in [6.45, 7) is 4.37. The Bertz CT molecular complexity index is 1110. The van der Waals surface area contributed by atoms with Crippen molar-refractivity contribution in [2.45, 2.75) is 129 Å². The zero-order valence-corrected chi connectivity index (χ0v) is 32.5. The van der Waals surface area contributed by atoms with E-state index >= 15 is 0 Å². The minimum absolute atomic E-state index is 0.0320. The number of carbonyl (C=O) groups excluding carboxylic acids is 2. The summed E-state index contributed by atoms with van der Waals surface area (Å²) in [7, 11) is 5.48. The van der Waals surface area contributed by atoms with E-state index in [1.165, 1.54) is 0 Å². The Morgan fingerprint density at radius 3 is 1.80 bits per heavy atom. The molecule has 0 bridgehead atoms. The van der Waals surface area contributed by atoms with Crippen LogP contribution < -0.4 is 0 Å². The maximum absolute atomic E-state index is 12.6. The van der Waals surface area contributed by atoms with E-state index in [1.807, 2.05) is 51.5 Å². The number of unbranched alkanes of at least 4 members (excludes halogenated alkanes) is 7. The maximum Gasteiger partial charge on any atom is 0.362 e. The lowest BCUT2D eigenvalue weighted by atomic mass is 10.1.